The molecule has 0 aliphatic heterocycles. The zero-order valence-electron chi connectivity index (χ0n) is 9.72. The molecule has 1 aromatic rings. The molecule has 1 aromatic heterocycles. The van der Waals surface area contributed by atoms with Crippen molar-refractivity contribution >= 4 is 27.3 Å². The normalized spacial score (nSPS) is 15.2. The van der Waals surface area contributed by atoms with Gasteiger partial charge in [-0.1, -0.05) is 20.8 Å². The lowest BCUT2D eigenvalue weighted by Crippen LogP contribution is -2.25. The topological polar surface area (TPSA) is 12.0 Å². The van der Waals surface area contributed by atoms with Crippen molar-refractivity contribution in [2.45, 2.75) is 27.2 Å². The van der Waals surface area contributed by atoms with Gasteiger partial charge in [0.25, 0.3) is 0 Å². The summed E-state index contributed by atoms with van der Waals surface area (Å²) in [6.07, 6.45) is 1.20. The van der Waals surface area contributed by atoms with Gasteiger partial charge in [-0.2, -0.15) is 0 Å². The van der Waals surface area contributed by atoms with E-state index in [0.717, 1.165) is 24.9 Å². The Kier molecular flexibility index (Phi) is 5.87. The van der Waals surface area contributed by atoms with Gasteiger partial charge >= 0.3 is 0 Å². The van der Waals surface area contributed by atoms with Crippen LogP contribution in [0.1, 0.15) is 25.6 Å². The first-order valence-corrected chi connectivity index (χ1v) is 7.19. The molecule has 1 nitrogen and oxygen atoms in total. The van der Waals surface area contributed by atoms with E-state index < -0.39 is 0 Å². The monoisotopic (exact) mass is 289 g/mol. The number of hydrogen-bond donors (Lipinski definition) is 1. The van der Waals surface area contributed by atoms with Gasteiger partial charge < -0.3 is 5.32 Å². The average Bonchev–Trinajstić information content (AvgIpc) is 2.60. The SMILES string of the molecule is CCNCC(C)C(C)Cc1ccc(Br)s1. The molecule has 0 bridgehead atoms. The van der Waals surface area contributed by atoms with Gasteiger partial charge in [-0.05, 0) is 59.4 Å². The van der Waals surface area contributed by atoms with E-state index in [0.29, 0.717) is 0 Å². The second kappa shape index (κ2) is 6.66. The lowest BCUT2D eigenvalue weighted by molar-refractivity contribution is 0.370. The molecule has 2 unspecified atom stereocenters. The highest BCUT2D eigenvalue weighted by atomic mass is 79.9. The van der Waals surface area contributed by atoms with Crippen molar-refractivity contribution < 1.29 is 0 Å². The summed E-state index contributed by atoms with van der Waals surface area (Å²) in [5, 5.41) is 3.41. The van der Waals surface area contributed by atoms with Crippen LogP contribution in [0.2, 0.25) is 0 Å². The highest BCUT2D eigenvalue weighted by Crippen LogP contribution is 2.26. The van der Waals surface area contributed by atoms with Crippen LogP contribution in [-0.4, -0.2) is 13.1 Å². The first-order chi connectivity index (χ1) is 7.13. The number of nitrogens with one attached hydrogen (secondary N) is 1. The lowest BCUT2D eigenvalue weighted by atomic mass is 9.92. The van der Waals surface area contributed by atoms with Crippen molar-refractivity contribution in [2.75, 3.05) is 13.1 Å². The fourth-order valence-electron chi connectivity index (χ4n) is 1.55. The van der Waals surface area contributed by atoms with E-state index >= 15 is 0 Å². The predicted molar refractivity (Wildman–Crippen MR) is 72.6 cm³/mol. The van der Waals surface area contributed by atoms with E-state index in [1.54, 1.807) is 0 Å². The molecule has 1 heterocycles. The van der Waals surface area contributed by atoms with Crippen molar-refractivity contribution in [3.63, 3.8) is 0 Å². The molecule has 0 saturated carbocycles. The third-order valence-electron chi connectivity index (χ3n) is 2.84. The smallest absolute Gasteiger partial charge is 0.0701 e. The Morgan fingerprint density at radius 2 is 2.07 bits per heavy atom. The van der Waals surface area contributed by atoms with Gasteiger partial charge in [0.15, 0.2) is 0 Å². The van der Waals surface area contributed by atoms with Crippen molar-refractivity contribution in [3.8, 4) is 0 Å². The fraction of sp³-hybridized carbons (Fsp3) is 0.667. The van der Waals surface area contributed by atoms with Crippen molar-refractivity contribution in [2.24, 2.45) is 11.8 Å². The Balaban J connectivity index is 2.37. The van der Waals surface area contributed by atoms with Crippen LogP contribution in [0.5, 0.6) is 0 Å². The van der Waals surface area contributed by atoms with E-state index in [4.69, 9.17) is 0 Å². The zero-order chi connectivity index (χ0) is 11.3. The molecule has 0 aromatic carbocycles. The number of rotatable bonds is 6. The van der Waals surface area contributed by atoms with Crippen LogP contribution in [0, 0.1) is 11.8 Å². The predicted octanol–water partition coefficient (Wildman–Crippen LogP) is 3.93. The quantitative estimate of drug-likeness (QED) is 0.837. The fourth-order valence-corrected chi connectivity index (χ4v) is 3.18. The van der Waals surface area contributed by atoms with Crippen molar-refractivity contribution in [1.29, 1.82) is 0 Å². The van der Waals surface area contributed by atoms with E-state index in [1.807, 2.05) is 11.3 Å². The van der Waals surface area contributed by atoms with Crippen LogP contribution in [0.25, 0.3) is 0 Å². The molecule has 2 atom stereocenters. The molecule has 0 amide bonds. The second-order valence-corrected chi connectivity index (χ2v) is 6.72. The molecule has 0 aliphatic carbocycles. The van der Waals surface area contributed by atoms with E-state index in [-0.39, 0.29) is 0 Å². The average molecular weight is 290 g/mol. The van der Waals surface area contributed by atoms with Gasteiger partial charge in [-0.15, -0.1) is 11.3 Å². The molecule has 0 fully saturated rings. The Morgan fingerprint density at radius 3 is 2.60 bits per heavy atom. The third kappa shape index (κ3) is 4.66. The van der Waals surface area contributed by atoms with Gasteiger partial charge in [0.1, 0.15) is 0 Å². The highest BCUT2D eigenvalue weighted by Gasteiger charge is 2.13. The van der Waals surface area contributed by atoms with Crippen LogP contribution in [0.15, 0.2) is 15.9 Å². The molecule has 0 spiro atoms. The third-order valence-corrected chi connectivity index (χ3v) is 4.49. The van der Waals surface area contributed by atoms with Crippen molar-refractivity contribution in [3.05, 3.63) is 20.8 Å². The van der Waals surface area contributed by atoms with Gasteiger partial charge in [0.2, 0.25) is 0 Å². The largest absolute Gasteiger partial charge is 0.317 e. The molecule has 0 aliphatic rings. The Hall–Kier alpha value is 0.140. The number of thiophene rings is 1. The van der Waals surface area contributed by atoms with Crippen LogP contribution in [-0.2, 0) is 6.42 Å². The Bertz CT molecular complexity index is 285. The summed E-state index contributed by atoms with van der Waals surface area (Å²) in [6, 6.07) is 4.37. The van der Waals surface area contributed by atoms with Crippen LogP contribution >= 0.6 is 27.3 Å². The molecule has 1 N–H and O–H groups in total. The Labute approximate surface area is 105 Å². The summed E-state index contributed by atoms with van der Waals surface area (Å²) in [7, 11) is 0. The Morgan fingerprint density at radius 1 is 1.33 bits per heavy atom. The summed E-state index contributed by atoms with van der Waals surface area (Å²) in [4.78, 5) is 1.48. The van der Waals surface area contributed by atoms with Gasteiger partial charge in [-0.3, -0.25) is 0 Å². The minimum Gasteiger partial charge on any atom is -0.317 e. The van der Waals surface area contributed by atoms with Crippen LogP contribution in [0.3, 0.4) is 0 Å². The maximum Gasteiger partial charge on any atom is 0.0701 e. The number of halogens is 1. The lowest BCUT2D eigenvalue weighted by Gasteiger charge is -2.19. The molecule has 86 valence electrons. The van der Waals surface area contributed by atoms with Crippen LogP contribution < -0.4 is 5.32 Å². The zero-order valence-corrected chi connectivity index (χ0v) is 12.1. The maximum absolute atomic E-state index is 3.51. The van der Waals surface area contributed by atoms with Gasteiger partial charge in [-0.25, -0.2) is 0 Å². The summed E-state index contributed by atoms with van der Waals surface area (Å²) in [6.45, 7) is 9.03. The number of hydrogen-bond acceptors (Lipinski definition) is 2. The van der Waals surface area contributed by atoms with Crippen LogP contribution in [0.4, 0.5) is 0 Å². The minimum absolute atomic E-state index is 0.742. The van der Waals surface area contributed by atoms with E-state index in [9.17, 15) is 0 Å². The second-order valence-electron chi connectivity index (χ2n) is 4.17. The molecular weight excluding hydrogens is 270 g/mol. The molecule has 0 radical (unpaired) electrons. The summed E-state index contributed by atoms with van der Waals surface area (Å²) < 4.78 is 1.24. The van der Waals surface area contributed by atoms with Crippen molar-refractivity contribution in [1.82, 2.24) is 5.32 Å². The minimum atomic E-state index is 0.742. The molecule has 0 saturated heterocycles. The summed E-state index contributed by atoms with van der Waals surface area (Å²) >= 11 is 5.36. The molecule has 1 rings (SSSR count). The summed E-state index contributed by atoms with van der Waals surface area (Å²) in [5.74, 6) is 1.49. The van der Waals surface area contributed by atoms with Gasteiger partial charge in [0.05, 0.1) is 3.79 Å². The molecule has 15 heavy (non-hydrogen) atoms. The van der Waals surface area contributed by atoms with E-state index in [2.05, 4.69) is 54.2 Å². The summed E-state index contributed by atoms with van der Waals surface area (Å²) in [5.41, 5.74) is 0. The highest BCUT2D eigenvalue weighted by molar-refractivity contribution is 9.11. The van der Waals surface area contributed by atoms with Gasteiger partial charge in [0, 0.05) is 4.88 Å². The first kappa shape index (κ1) is 13.2. The molecule has 3 heteroatoms. The molecular formula is C12H20BrNS. The standard InChI is InChI=1S/C12H20BrNS/c1-4-14-8-10(3)9(2)7-11-5-6-12(13)15-11/h5-6,9-10,14H,4,7-8H2,1-3H3. The maximum atomic E-state index is 3.51. The van der Waals surface area contributed by atoms with E-state index in [1.165, 1.54) is 15.1 Å². The first-order valence-electron chi connectivity index (χ1n) is 5.58.